The van der Waals surface area contributed by atoms with Crippen molar-refractivity contribution in [3.63, 3.8) is 0 Å². The highest BCUT2D eigenvalue weighted by atomic mass is 16.5. The van der Waals surface area contributed by atoms with Gasteiger partial charge >= 0.3 is 18.0 Å². The highest BCUT2D eigenvalue weighted by Crippen LogP contribution is 2.53. The summed E-state index contributed by atoms with van der Waals surface area (Å²) in [6, 6.07) is 7.50. The summed E-state index contributed by atoms with van der Waals surface area (Å²) in [5.41, 5.74) is 2.96. The lowest BCUT2D eigenvalue weighted by Crippen LogP contribution is -2.40. The third-order valence-corrected chi connectivity index (χ3v) is 6.16. The van der Waals surface area contributed by atoms with E-state index < -0.39 is 23.9 Å². The van der Waals surface area contributed by atoms with Crippen LogP contribution in [-0.4, -0.2) is 55.9 Å². The number of benzene rings is 1. The van der Waals surface area contributed by atoms with Crippen molar-refractivity contribution < 1.29 is 28.6 Å². The van der Waals surface area contributed by atoms with Gasteiger partial charge in [0.2, 0.25) is 0 Å². The van der Waals surface area contributed by atoms with Crippen molar-refractivity contribution in [2.75, 3.05) is 28.4 Å². The molecule has 2 heterocycles. The van der Waals surface area contributed by atoms with E-state index in [0.29, 0.717) is 17.6 Å². The lowest BCUT2D eigenvalue weighted by Gasteiger charge is -2.44. The second kappa shape index (κ2) is 7.94. The first-order chi connectivity index (χ1) is 14.9. The Kier molecular flexibility index (Phi) is 5.31. The molecule has 0 saturated heterocycles. The van der Waals surface area contributed by atoms with Crippen molar-refractivity contribution in [3.05, 3.63) is 59.4 Å². The predicted octanol–water partition coefficient (Wildman–Crippen LogP) is 3.13. The molecule has 0 fully saturated rings. The summed E-state index contributed by atoms with van der Waals surface area (Å²) in [7, 11) is 5.90. The number of carbonyl (C=O) groups is 3. The molecular formula is C23H24N2O6. The minimum Gasteiger partial charge on any atom is -0.468 e. The van der Waals surface area contributed by atoms with Crippen molar-refractivity contribution in [1.29, 1.82) is 0 Å². The summed E-state index contributed by atoms with van der Waals surface area (Å²) in [4.78, 5) is 39.6. The van der Waals surface area contributed by atoms with Crippen LogP contribution in [0.1, 0.15) is 29.6 Å². The van der Waals surface area contributed by atoms with E-state index in [-0.39, 0.29) is 12.0 Å². The first-order valence-electron chi connectivity index (χ1n) is 9.92. The number of fused-ring (bicyclic) bond motifs is 6. The Morgan fingerprint density at radius 3 is 2.48 bits per heavy atom. The number of nitrogens with zero attached hydrogens (tertiary/aromatic N) is 2. The van der Waals surface area contributed by atoms with Crippen LogP contribution in [0.15, 0.2) is 48.2 Å². The number of methoxy groups -OCH3 is 3. The van der Waals surface area contributed by atoms with Crippen LogP contribution in [0.5, 0.6) is 0 Å². The van der Waals surface area contributed by atoms with Gasteiger partial charge in [0.1, 0.15) is 5.92 Å². The Bertz CT molecular complexity index is 1130. The van der Waals surface area contributed by atoms with Gasteiger partial charge in [-0.15, -0.1) is 0 Å². The molecule has 4 rings (SSSR count). The molecule has 1 aromatic heterocycles. The second-order valence-corrected chi connectivity index (χ2v) is 7.63. The van der Waals surface area contributed by atoms with Crippen LogP contribution in [0.4, 0.5) is 4.79 Å². The van der Waals surface area contributed by atoms with E-state index in [1.807, 2.05) is 42.4 Å². The fourth-order valence-corrected chi connectivity index (χ4v) is 4.84. The van der Waals surface area contributed by atoms with E-state index >= 15 is 0 Å². The molecule has 2 aromatic rings. The van der Waals surface area contributed by atoms with Crippen molar-refractivity contribution in [1.82, 2.24) is 9.47 Å². The molecule has 0 amide bonds. The Balaban J connectivity index is 1.99. The number of hydrogen-bond acceptors (Lipinski definition) is 7. The number of esters is 2. The maximum Gasteiger partial charge on any atom is 0.418 e. The molecule has 2 aliphatic rings. The molecule has 1 aliphatic carbocycles. The zero-order valence-corrected chi connectivity index (χ0v) is 17.8. The molecule has 3 atom stereocenters. The van der Waals surface area contributed by atoms with Gasteiger partial charge in [0.05, 0.1) is 38.6 Å². The average Bonchev–Trinajstić information content (AvgIpc) is 3.13. The van der Waals surface area contributed by atoms with Crippen molar-refractivity contribution >= 4 is 28.9 Å². The van der Waals surface area contributed by atoms with Gasteiger partial charge in [-0.1, -0.05) is 24.3 Å². The number of rotatable bonds is 3. The van der Waals surface area contributed by atoms with Gasteiger partial charge < -0.3 is 19.1 Å². The van der Waals surface area contributed by atoms with E-state index in [0.717, 1.165) is 16.5 Å². The van der Waals surface area contributed by atoms with Gasteiger partial charge in [0.25, 0.3) is 0 Å². The van der Waals surface area contributed by atoms with Crippen molar-refractivity contribution in [3.8, 4) is 0 Å². The van der Waals surface area contributed by atoms with Crippen LogP contribution in [0, 0.1) is 5.92 Å². The zero-order chi connectivity index (χ0) is 22.3. The minimum absolute atomic E-state index is 0.0491. The third kappa shape index (κ3) is 3.19. The lowest BCUT2D eigenvalue weighted by molar-refractivity contribution is -0.144. The largest absolute Gasteiger partial charge is 0.468 e. The summed E-state index contributed by atoms with van der Waals surface area (Å²) in [5.74, 6) is -1.94. The number of allylic oxidation sites excluding steroid dienone is 2. The normalized spacial score (nSPS) is 22.1. The molecular weight excluding hydrogens is 400 g/mol. The molecule has 31 heavy (non-hydrogen) atoms. The average molecular weight is 424 g/mol. The summed E-state index contributed by atoms with van der Waals surface area (Å²) in [5, 5.41) is 0.897. The molecule has 8 heteroatoms. The Morgan fingerprint density at radius 2 is 1.81 bits per heavy atom. The molecule has 0 saturated carbocycles. The molecule has 162 valence electrons. The fourth-order valence-electron chi connectivity index (χ4n) is 4.84. The zero-order valence-electron chi connectivity index (χ0n) is 17.8. The van der Waals surface area contributed by atoms with E-state index in [1.54, 1.807) is 6.08 Å². The second-order valence-electron chi connectivity index (χ2n) is 7.63. The maximum absolute atomic E-state index is 13.0. The van der Waals surface area contributed by atoms with Crippen LogP contribution in [-0.2, 0) is 23.8 Å². The standard InChI is InChI=1S/C23H24N2O6/c1-24-12-13(9-10-18(26)29-2)15-11-17(24)19-14-7-5-6-8-16(14)25(23(28)31-4)21(19)20(15)22(27)30-3/h5-10,12,15,17,20H,11H2,1-4H3/b10-9+/t15-,17-,20-/m0/s1. The number of hydrogen-bond donors (Lipinski definition) is 0. The van der Waals surface area contributed by atoms with Gasteiger partial charge in [-0.3, -0.25) is 4.79 Å². The van der Waals surface area contributed by atoms with Crippen LogP contribution in [0.2, 0.25) is 0 Å². The monoisotopic (exact) mass is 424 g/mol. The number of ether oxygens (including phenoxy) is 3. The SMILES string of the molecule is COC(=O)/C=C/C1=CN(C)[C@H]2C[C@@H]1[C@H](C(=O)OC)c1c2c2ccccc2n1C(=O)OC. The van der Waals surface area contributed by atoms with Gasteiger partial charge in [-0.25, -0.2) is 14.2 Å². The molecule has 1 aromatic carbocycles. The van der Waals surface area contributed by atoms with Crippen molar-refractivity contribution in [2.45, 2.75) is 18.4 Å². The van der Waals surface area contributed by atoms with Crippen LogP contribution in [0.3, 0.4) is 0 Å². The molecule has 0 N–H and O–H groups in total. The van der Waals surface area contributed by atoms with Crippen LogP contribution >= 0.6 is 0 Å². The third-order valence-electron chi connectivity index (χ3n) is 6.16. The van der Waals surface area contributed by atoms with E-state index in [9.17, 15) is 14.4 Å². The lowest BCUT2D eigenvalue weighted by atomic mass is 9.70. The Hall–Kier alpha value is -3.55. The van der Waals surface area contributed by atoms with Crippen LogP contribution < -0.4 is 0 Å². The first-order valence-corrected chi connectivity index (χ1v) is 9.92. The predicted molar refractivity (Wildman–Crippen MR) is 112 cm³/mol. The number of carbonyl (C=O) groups excluding carboxylic acids is 3. The minimum atomic E-state index is -0.731. The Morgan fingerprint density at radius 1 is 1.06 bits per heavy atom. The quantitative estimate of drug-likeness (QED) is 0.425. The topological polar surface area (TPSA) is 87.1 Å². The highest BCUT2D eigenvalue weighted by molar-refractivity contribution is 5.97. The molecule has 0 spiro atoms. The van der Waals surface area contributed by atoms with Gasteiger partial charge in [0.15, 0.2) is 0 Å². The number of para-hydroxylation sites is 1. The smallest absolute Gasteiger partial charge is 0.418 e. The summed E-state index contributed by atoms with van der Waals surface area (Å²) in [6.45, 7) is 0. The van der Waals surface area contributed by atoms with Gasteiger partial charge in [0, 0.05) is 36.2 Å². The summed E-state index contributed by atoms with van der Waals surface area (Å²) < 4.78 is 16.4. The fraction of sp³-hybridized carbons (Fsp3) is 0.348. The molecule has 0 unspecified atom stereocenters. The molecule has 0 radical (unpaired) electrons. The molecule has 2 bridgehead atoms. The summed E-state index contributed by atoms with van der Waals surface area (Å²) >= 11 is 0. The van der Waals surface area contributed by atoms with E-state index in [4.69, 9.17) is 14.2 Å². The van der Waals surface area contributed by atoms with Gasteiger partial charge in [-0.05, 0) is 18.1 Å². The van der Waals surface area contributed by atoms with Crippen LogP contribution in [0.25, 0.3) is 10.9 Å². The molecule has 8 nitrogen and oxygen atoms in total. The van der Waals surface area contributed by atoms with Crippen molar-refractivity contribution in [2.24, 2.45) is 5.92 Å². The highest BCUT2D eigenvalue weighted by Gasteiger charge is 2.48. The Labute approximate surface area is 179 Å². The van der Waals surface area contributed by atoms with E-state index in [2.05, 4.69) is 0 Å². The number of aromatic nitrogens is 1. The van der Waals surface area contributed by atoms with E-state index in [1.165, 1.54) is 32.0 Å². The molecule has 1 aliphatic heterocycles. The maximum atomic E-state index is 13.0. The summed E-state index contributed by atoms with van der Waals surface area (Å²) in [6.07, 6.45) is 5.00. The first kappa shape index (κ1) is 20.7. The van der Waals surface area contributed by atoms with Gasteiger partial charge in [-0.2, -0.15) is 0 Å².